The second-order valence-corrected chi connectivity index (χ2v) is 7.44. The minimum absolute atomic E-state index is 0.0219. The Kier molecular flexibility index (Phi) is 4.73. The molecule has 2 amide bonds. The maximum Gasteiger partial charge on any atom is 0.281 e. The summed E-state index contributed by atoms with van der Waals surface area (Å²) in [5.74, 6) is 0.740. The smallest absolute Gasteiger partial charge is 0.281 e. The van der Waals surface area contributed by atoms with Gasteiger partial charge in [-0.1, -0.05) is 6.92 Å². The molecule has 1 aliphatic carbocycles. The average molecular weight is 323 g/mol. The summed E-state index contributed by atoms with van der Waals surface area (Å²) in [6, 6.07) is 0. The molecule has 2 heterocycles. The van der Waals surface area contributed by atoms with E-state index in [0.717, 1.165) is 56.5 Å². The van der Waals surface area contributed by atoms with Crippen LogP contribution in [-0.4, -0.2) is 54.9 Å². The van der Waals surface area contributed by atoms with Gasteiger partial charge in [0.2, 0.25) is 6.41 Å². The van der Waals surface area contributed by atoms with Gasteiger partial charge in [0.15, 0.2) is 11.7 Å². The summed E-state index contributed by atoms with van der Waals surface area (Å²) in [5, 5.41) is 3.70. The van der Waals surface area contributed by atoms with E-state index in [-0.39, 0.29) is 5.91 Å². The molecule has 1 fully saturated rings. The fraction of sp³-hybridized carbons (Fsp3) is 0.667. The first-order valence-electron chi connectivity index (χ1n) is 7.95. The average Bonchev–Trinajstić information content (AvgIpc) is 2.89. The number of rotatable bonds is 4. The third-order valence-corrected chi connectivity index (χ3v) is 5.53. The Hall–Kier alpha value is -1.47. The van der Waals surface area contributed by atoms with Gasteiger partial charge in [-0.05, 0) is 25.2 Å². The van der Waals surface area contributed by atoms with Gasteiger partial charge in [-0.2, -0.15) is 0 Å². The minimum atomic E-state index is 0.0219. The number of aryl methyl sites for hydroxylation is 1. The van der Waals surface area contributed by atoms with Crippen molar-refractivity contribution in [2.24, 2.45) is 5.92 Å². The number of carbonyl (C=O) groups is 2. The van der Waals surface area contributed by atoms with E-state index in [1.165, 1.54) is 21.9 Å². The number of aromatic nitrogens is 1. The molecule has 2 aliphatic rings. The van der Waals surface area contributed by atoms with Crippen LogP contribution in [0.3, 0.4) is 0 Å². The zero-order valence-electron chi connectivity index (χ0n) is 12.9. The lowest BCUT2D eigenvalue weighted by molar-refractivity contribution is -0.895. The van der Waals surface area contributed by atoms with Crippen LogP contribution < -0.4 is 10.2 Å². The maximum atomic E-state index is 12.2. The van der Waals surface area contributed by atoms with Crippen LogP contribution in [0, 0.1) is 5.92 Å². The topological polar surface area (TPSA) is 66.7 Å². The van der Waals surface area contributed by atoms with Crippen molar-refractivity contribution in [2.75, 3.05) is 38.0 Å². The number of quaternary nitrogens is 1. The van der Waals surface area contributed by atoms with Gasteiger partial charge in [0, 0.05) is 4.88 Å². The number of nitrogens with zero attached hydrogens (tertiary/aromatic N) is 2. The number of amides is 2. The highest BCUT2D eigenvalue weighted by atomic mass is 32.1. The van der Waals surface area contributed by atoms with Crippen LogP contribution in [0.5, 0.6) is 0 Å². The Morgan fingerprint density at radius 1 is 1.50 bits per heavy atom. The van der Waals surface area contributed by atoms with Crippen molar-refractivity contribution in [2.45, 2.75) is 26.2 Å². The number of piperazine rings is 1. The number of carbonyl (C=O) groups excluding carboxylic acids is 2. The molecular formula is C15H23N4O2S+. The predicted molar refractivity (Wildman–Crippen MR) is 85.1 cm³/mol. The Balaban J connectivity index is 1.51. The van der Waals surface area contributed by atoms with E-state index >= 15 is 0 Å². The highest BCUT2D eigenvalue weighted by molar-refractivity contribution is 7.15. The third-order valence-electron chi connectivity index (χ3n) is 4.50. The van der Waals surface area contributed by atoms with Gasteiger partial charge < -0.3 is 9.80 Å². The Morgan fingerprint density at radius 3 is 3.00 bits per heavy atom. The van der Waals surface area contributed by atoms with Crippen molar-refractivity contribution >= 4 is 28.8 Å². The van der Waals surface area contributed by atoms with Crippen molar-refractivity contribution in [3.63, 3.8) is 0 Å². The highest BCUT2D eigenvalue weighted by Crippen LogP contribution is 2.31. The summed E-state index contributed by atoms with van der Waals surface area (Å²) in [6.45, 7) is 5.85. The van der Waals surface area contributed by atoms with Crippen LogP contribution in [0.2, 0.25) is 0 Å². The van der Waals surface area contributed by atoms with E-state index < -0.39 is 0 Å². The van der Waals surface area contributed by atoms with Gasteiger partial charge in [0.1, 0.15) is 0 Å². The second-order valence-electron chi connectivity index (χ2n) is 6.35. The normalized spacial score (nSPS) is 22.2. The molecule has 7 heteroatoms. The molecule has 0 unspecified atom stereocenters. The quantitative estimate of drug-likeness (QED) is 0.739. The summed E-state index contributed by atoms with van der Waals surface area (Å²) >= 11 is 1.63. The zero-order valence-corrected chi connectivity index (χ0v) is 13.7. The molecule has 0 radical (unpaired) electrons. The molecule has 0 aromatic carbocycles. The molecule has 1 saturated heterocycles. The van der Waals surface area contributed by atoms with E-state index in [4.69, 9.17) is 0 Å². The number of thiazole rings is 1. The summed E-state index contributed by atoms with van der Waals surface area (Å²) < 4.78 is 0. The number of hydrogen-bond donors (Lipinski definition) is 2. The highest BCUT2D eigenvalue weighted by Gasteiger charge is 2.23. The Morgan fingerprint density at radius 2 is 2.27 bits per heavy atom. The van der Waals surface area contributed by atoms with Crippen LogP contribution in [0.15, 0.2) is 0 Å². The fourth-order valence-electron chi connectivity index (χ4n) is 3.11. The van der Waals surface area contributed by atoms with Crippen molar-refractivity contribution in [3.8, 4) is 0 Å². The monoisotopic (exact) mass is 323 g/mol. The largest absolute Gasteiger partial charge is 0.334 e. The molecule has 1 atom stereocenters. The van der Waals surface area contributed by atoms with E-state index in [9.17, 15) is 9.59 Å². The molecule has 0 spiro atoms. The standard InChI is InChI=1S/C15H22N4O2S/c1-11-2-3-12-13(8-11)22-15(16-12)17-14(21)9-18-4-6-19(10-20)7-5-18/h10-11H,2-9H2,1H3,(H,16,17,21)/p+1/t11-/m1/s1. The molecule has 22 heavy (non-hydrogen) atoms. The summed E-state index contributed by atoms with van der Waals surface area (Å²) in [4.78, 5) is 31.7. The molecule has 1 aromatic heterocycles. The summed E-state index contributed by atoms with van der Waals surface area (Å²) in [5.41, 5.74) is 1.17. The van der Waals surface area contributed by atoms with Crippen molar-refractivity contribution in [1.29, 1.82) is 0 Å². The lowest BCUT2D eigenvalue weighted by atomic mass is 9.93. The lowest BCUT2D eigenvalue weighted by Gasteiger charge is -2.29. The number of nitrogens with one attached hydrogen (secondary N) is 2. The van der Waals surface area contributed by atoms with Crippen LogP contribution in [-0.2, 0) is 22.4 Å². The van der Waals surface area contributed by atoms with Gasteiger partial charge in [-0.3, -0.25) is 14.9 Å². The van der Waals surface area contributed by atoms with Gasteiger partial charge >= 0.3 is 0 Å². The summed E-state index contributed by atoms with van der Waals surface area (Å²) in [6.07, 6.45) is 4.19. The van der Waals surface area contributed by atoms with E-state index in [1.807, 2.05) is 0 Å². The molecule has 2 N–H and O–H groups in total. The van der Waals surface area contributed by atoms with Gasteiger partial charge in [0.05, 0.1) is 31.9 Å². The lowest BCUT2D eigenvalue weighted by Crippen LogP contribution is -3.15. The molecule has 1 aromatic rings. The van der Waals surface area contributed by atoms with Gasteiger partial charge in [-0.15, -0.1) is 11.3 Å². The first kappa shape index (κ1) is 15.4. The Bertz CT molecular complexity index is 552. The molecule has 3 rings (SSSR count). The molecule has 120 valence electrons. The van der Waals surface area contributed by atoms with Crippen molar-refractivity contribution in [1.82, 2.24) is 9.88 Å². The van der Waals surface area contributed by atoms with Crippen molar-refractivity contribution in [3.05, 3.63) is 10.6 Å². The minimum Gasteiger partial charge on any atom is -0.334 e. The van der Waals surface area contributed by atoms with Crippen LogP contribution >= 0.6 is 11.3 Å². The molecule has 6 nitrogen and oxygen atoms in total. The molecular weight excluding hydrogens is 300 g/mol. The molecule has 0 saturated carbocycles. The van der Waals surface area contributed by atoms with E-state index in [2.05, 4.69) is 17.2 Å². The maximum absolute atomic E-state index is 12.2. The number of anilines is 1. The second kappa shape index (κ2) is 6.75. The van der Waals surface area contributed by atoms with Crippen LogP contribution in [0.1, 0.15) is 23.9 Å². The van der Waals surface area contributed by atoms with E-state index in [0.29, 0.717) is 6.54 Å². The van der Waals surface area contributed by atoms with Crippen molar-refractivity contribution < 1.29 is 14.5 Å². The number of hydrogen-bond acceptors (Lipinski definition) is 4. The zero-order chi connectivity index (χ0) is 15.5. The summed E-state index contributed by atoms with van der Waals surface area (Å²) in [7, 11) is 0. The molecule has 1 aliphatic heterocycles. The van der Waals surface area contributed by atoms with Crippen LogP contribution in [0.25, 0.3) is 0 Å². The van der Waals surface area contributed by atoms with Gasteiger partial charge in [0.25, 0.3) is 5.91 Å². The van der Waals surface area contributed by atoms with Crippen LogP contribution in [0.4, 0.5) is 5.13 Å². The molecule has 0 bridgehead atoms. The Labute approximate surface area is 134 Å². The van der Waals surface area contributed by atoms with E-state index in [1.54, 1.807) is 16.2 Å². The number of fused-ring (bicyclic) bond motifs is 1. The van der Waals surface area contributed by atoms with Gasteiger partial charge in [-0.25, -0.2) is 4.98 Å². The first-order valence-corrected chi connectivity index (χ1v) is 8.77. The third kappa shape index (κ3) is 3.64. The fourth-order valence-corrected chi connectivity index (χ4v) is 4.29. The predicted octanol–water partition coefficient (Wildman–Crippen LogP) is -0.437. The SMILES string of the molecule is C[C@@H]1CCc2nc(NC(=O)C[NH+]3CCN(C=O)CC3)sc2C1. The first-order chi connectivity index (χ1) is 10.6.